The molecule has 7 heteroatoms. The molecule has 0 radical (unpaired) electrons. The number of hydrogen-bond donors (Lipinski definition) is 0. The molecule has 1 fully saturated rings. The molecule has 0 amide bonds. The summed E-state index contributed by atoms with van der Waals surface area (Å²) in [7, 11) is 3.21. The van der Waals surface area contributed by atoms with Crippen LogP contribution in [0.15, 0.2) is 30.6 Å². The van der Waals surface area contributed by atoms with Crippen molar-refractivity contribution < 1.29 is 18.3 Å². The number of aromatic nitrogens is 2. The normalized spacial score (nSPS) is 16.2. The van der Waals surface area contributed by atoms with Gasteiger partial charge < -0.3 is 9.30 Å². The second kappa shape index (κ2) is 7.95. The first-order chi connectivity index (χ1) is 12.5. The molecule has 0 atom stereocenters. The zero-order chi connectivity index (χ0) is 18.7. The smallest absolute Gasteiger partial charge is 0.339 e. The summed E-state index contributed by atoms with van der Waals surface area (Å²) >= 11 is 0. The van der Waals surface area contributed by atoms with Crippen LogP contribution in [-0.4, -0.2) is 53.6 Å². The molecule has 1 saturated heterocycles. The van der Waals surface area contributed by atoms with Crippen LogP contribution < -0.4 is 0 Å². The fourth-order valence-electron chi connectivity index (χ4n) is 3.49. The van der Waals surface area contributed by atoms with Gasteiger partial charge in [0.05, 0.1) is 30.6 Å². The number of piperidine rings is 1. The maximum Gasteiger partial charge on any atom is 0.339 e. The lowest BCUT2D eigenvalue weighted by Crippen LogP contribution is -2.36. The molecule has 0 saturated carbocycles. The lowest BCUT2D eigenvalue weighted by atomic mass is 9.90. The van der Waals surface area contributed by atoms with Crippen LogP contribution in [0.25, 0.3) is 11.4 Å². The third-order valence-corrected chi connectivity index (χ3v) is 4.93. The summed E-state index contributed by atoms with van der Waals surface area (Å²) in [6.07, 6.45) is 3.03. The van der Waals surface area contributed by atoms with Gasteiger partial charge in [-0.2, -0.15) is 0 Å². The molecule has 0 unspecified atom stereocenters. The van der Waals surface area contributed by atoms with E-state index in [2.05, 4.69) is 4.98 Å². The Hall–Kier alpha value is -2.28. The molecule has 0 aliphatic carbocycles. The van der Waals surface area contributed by atoms with Gasteiger partial charge in [0.25, 0.3) is 6.43 Å². The van der Waals surface area contributed by atoms with E-state index in [4.69, 9.17) is 4.74 Å². The van der Waals surface area contributed by atoms with Gasteiger partial charge in [-0.25, -0.2) is 13.6 Å². The second-order valence-corrected chi connectivity index (χ2v) is 6.66. The quantitative estimate of drug-likeness (QED) is 0.765. The lowest BCUT2D eigenvalue weighted by Gasteiger charge is -2.31. The monoisotopic (exact) mass is 363 g/mol. The van der Waals surface area contributed by atoms with Crippen molar-refractivity contribution in [3.05, 3.63) is 41.7 Å². The van der Waals surface area contributed by atoms with Crippen molar-refractivity contribution in [1.82, 2.24) is 14.5 Å². The fraction of sp³-hybridized carbons (Fsp3) is 0.474. The van der Waals surface area contributed by atoms with Crippen molar-refractivity contribution in [3.8, 4) is 11.4 Å². The van der Waals surface area contributed by atoms with E-state index in [0.717, 1.165) is 29.8 Å². The van der Waals surface area contributed by atoms with Gasteiger partial charge in [-0.15, -0.1) is 0 Å². The predicted octanol–water partition coefficient (Wildman–Crippen LogP) is 3.32. The van der Waals surface area contributed by atoms with E-state index in [1.165, 1.54) is 7.11 Å². The van der Waals surface area contributed by atoms with Crippen LogP contribution in [-0.2, 0) is 11.8 Å². The largest absolute Gasteiger partial charge is 0.465 e. The molecule has 26 heavy (non-hydrogen) atoms. The zero-order valence-corrected chi connectivity index (χ0v) is 15.0. The number of carbonyl (C=O) groups is 1. The van der Waals surface area contributed by atoms with Crippen LogP contribution in [0.2, 0.25) is 0 Å². The van der Waals surface area contributed by atoms with E-state index >= 15 is 0 Å². The highest BCUT2D eigenvalue weighted by atomic mass is 19.3. The number of carbonyl (C=O) groups excluding carboxylic acids is 1. The number of nitrogens with zero attached hydrogens (tertiary/aromatic N) is 3. The maximum absolute atomic E-state index is 12.5. The highest BCUT2D eigenvalue weighted by molar-refractivity contribution is 5.90. The number of hydrogen-bond acceptors (Lipinski definition) is 4. The number of aryl methyl sites for hydroxylation is 1. The average molecular weight is 363 g/mol. The number of esters is 1. The molecule has 0 N–H and O–H groups in total. The summed E-state index contributed by atoms with van der Waals surface area (Å²) in [5.41, 5.74) is 3.24. The number of likely N-dealkylation sites (tertiary alicyclic amines) is 1. The standard InChI is InChI=1S/C19H23F2N3O2/c1-23-11-15(19(25)26-2)9-17(23)16-4-3-14(10-22-16)13-5-7-24(8-6-13)12-18(20)21/h3-4,9-11,13,18H,5-8,12H2,1-2H3. The third kappa shape index (κ3) is 4.09. The van der Waals surface area contributed by atoms with E-state index in [0.29, 0.717) is 24.6 Å². The molecule has 1 aliphatic heterocycles. The van der Waals surface area contributed by atoms with Crippen LogP contribution in [0.4, 0.5) is 8.78 Å². The molecule has 0 aromatic carbocycles. The third-order valence-electron chi connectivity index (χ3n) is 4.93. The first-order valence-corrected chi connectivity index (χ1v) is 8.69. The molecule has 1 aliphatic rings. The molecule has 3 rings (SSSR count). The minimum Gasteiger partial charge on any atom is -0.465 e. The molecule has 2 aromatic rings. The SMILES string of the molecule is COC(=O)c1cc(-c2ccc(C3CCN(CC(F)F)CC3)cn2)n(C)c1. The van der Waals surface area contributed by atoms with Gasteiger partial charge in [-0.1, -0.05) is 6.07 Å². The first kappa shape index (κ1) is 18.5. The fourth-order valence-corrected chi connectivity index (χ4v) is 3.49. The highest BCUT2D eigenvalue weighted by Crippen LogP contribution is 2.29. The van der Waals surface area contributed by atoms with Gasteiger partial charge in [0.1, 0.15) is 0 Å². The summed E-state index contributed by atoms with van der Waals surface area (Å²) in [6, 6.07) is 5.74. The van der Waals surface area contributed by atoms with Crippen molar-refractivity contribution >= 4 is 5.97 Å². The summed E-state index contributed by atoms with van der Waals surface area (Å²) < 4.78 is 31.5. The van der Waals surface area contributed by atoms with Crippen molar-refractivity contribution in [1.29, 1.82) is 0 Å². The van der Waals surface area contributed by atoms with Crippen molar-refractivity contribution in [2.45, 2.75) is 25.2 Å². The van der Waals surface area contributed by atoms with Crippen molar-refractivity contribution in [2.75, 3.05) is 26.7 Å². The topological polar surface area (TPSA) is 47.4 Å². The Labute approximate surface area is 151 Å². The highest BCUT2D eigenvalue weighted by Gasteiger charge is 2.23. The van der Waals surface area contributed by atoms with Gasteiger partial charge >= 0.3 is 5.97 Å². The van der Waals surface area contributed by atoms with E-state index in [1.807, 2.05) is 34.8 Å². The Balaban J connectivity index is 1.68. The number of ether oxygens (including phenoxy) is 1. The minimum absolute atomic E-state index is 0.139. The Morgan fingerprint density at radius 2 is 2.08 bits per heavy atom. The van der Waals surface area contributed by atoms with E-state index in [9.17, 15) is 13.6 Å². The zero-order valence-electron chi connectivity index (χ0n) is 15.0. The number of alkyl halides is 2. The van der Waals surface area contributed by atoms with Crippen molar-refractivity contribution in [2.24, 2.45) is 7.05 Å². The van der Waals surface area contributed by atoms with E-state index < -0.39 is 6.43 Å². The van der Waals surface area contributed by atoms with Gasteiger partial charge in [0, 0.05) is 19.4 Å². The second-order valence-electron chi connectivity index (χ2n) is 6.66. The molecule has 2 aromatic heterocycles. The number of rotatable bonds is 5. The van der Waals surface area contributed by atoms with Gasteiger partial charge in [-0.3, -0.25) is 9.88 Å². The molecular formula is C19H23F2N3O2. The van der Waals surface area contributed by atoms with Crippen LogP contribution in [0.5, 0.6) is 0 Å². The minimum atomic E-state index is -2.27. The Bertz CT molecular complexity index is 751. The summed E-state index contributed by atoms with van der Waals surface area (Å²) in [5.74, 6) is -0.0245. The molecule has 0 bridgehead atoms. The van der Waals surface area contributed by atoms with Crippen molar-refractivity contribution in [3.63, 3.8) is 0 Å². The van der Waals surface area contributed by atoms with E-state index in [-0.39, 0.29) is 12.5 Å². The maximum atomic E-state index is 12.5. The molecule has 0 spiro atoms. The Morgan fingerprint density at radius 3 is 2.65 bits per heavy atom. The Morgan fingerprint density at radius 1 is 1.35 bits per heavy atom. The molecular weight excluding hydrogens is 340 g/mol. The van der Waals surface area contributed by atoms with E-state index in [1.54, 1.807) is 12.3 Å². The van der Waals surface area contributed by atoms with Gasteiger partial charge in [-0.05, 0) is 49.5 Å². The van der Waals surface area contributed by atoms with Gasteiger partial charge in [0.2, 0.25) is 0 Å². The van der Waals surface area contributed by atoms with Crippen LogP contribution >= 0.6 is 0 Å². The number of methoxy groups -OCH3 is 1. The van der Waals surface area contributed by atoms with Gasteiger partial charge in [0.15, 0.2) is 0 Å². The number of pyridine rings is 1. The first-order valence-electron chi connectivity index (χ1n) is 8.69. The molecule has 140 valence electrons. The Kier molecular flexibility index (Phi) is 5.66. The predicted molar refractivity (Wildman–Crippen MR) is 94.4 cm³/mol. The van der Waals surface area contributed by atoms with Crippen LogP contribution in [0.1, 0.15) is 34.7 Å². The molecule has 3 heterocycles. The lowest BCUT2D eigenvalue weighted by molar-refractivity contribution is 0.0600. The number of halogens is 2. The average Bonchev–Trinajstić information content (AvgIpc) is 3.03. The molecule has 5 nitrogen and oxygen atoms in total. The van der Waals surface area contributed by atoms with Crippen LogP contribution in [0, 0.1) is 0 Å². The summed E-state index contributed by atoms with van der Waals surface area (Å²) in [4.78, 5) is 18.0. The van der Waals surface area contributed by atoms with Crippen LogP contribution in [0.3, 0.4) is 0 Å². The summed E-state index contributed by atoms with van der Waals surface area (Å²) in [5, 5.41) is 0. The summed E-state index contributed by atoms with van der Waals surface area (Å²) in [6.45, 7) is 1.24.